The van der Waals surface area contributed by atoms with E-state index < -0.39 is 0 Å². The van der Waals surface area contributed by atoms with Crippen molar-refractivity contribution in [3.05, 3.63) is 66.0 Å². The summed E-state index contributed by atoms with van der Waals surface area (Å²) in [5, 5.41) is 0. The minimum absolute atomic E-state index is 0.0916. The Morgan fingerprint density at radius 1 is 1.18 bits per heavy atom. The fraction of sp³-hybridized carbons (Fsp3) is 0.200. The molecule has 0 aliphatic carbocycles. The van der Waals surface area contributed by atoms with Gasteiger partial charge < -0.3 is 0 Å². The van der Waals surface area contributed by atoms with Gasteiger partial charge in [-0.2, -0.15) is 0 Å². The van der Waals surface area contributed by atoms with E-state index in [0.717, 1.165) is 12.0 Å². The van der Waals surface area contributed by atoms with Gasteiger partial charge in [-0.25, -0.2) is 0 Å². The molecule has 17 heavy (non-hydrogen) atoms. The monoisotopic (exact) mass is 225 g/mol. The van der Waals surface area contributed by atoms with Crippen LogP contribution in [0.1, 0.15) is 24.0 Å². The van der Waals surface area contributed by atoms with Crippen LogP contribution in [0.4, 0.5) is 0 Å². The van der Waals surface area contributed by atoms with Gasteiger partial charge in [-0.15, -0.1) is 0 Å². The number of benzene rings is 1. The van der Waals surface area contributed by atoms with E-state index in [9.17, 15) is 4.79 Å². The van der Waals surface area contributed by atoms with Crippen molar-refractivity contribution in [2.45, 2.75) is 19.3 Å². The van der Waals surface area contributed by atoms with Crippen molar-refractivity contribution in [3.63, 3.8) is 0 Å². The molecule has 0 saturated carbocycles. The molecule has 0 aliphatic rings. The summed E-state index contributed by atoms with van der Waals surface area (Å²) in [6, 6.07) is 13.9. The van der Waals surface area contributed by atoms with Crippen molar-refractivity contribution in [2.24, 2.45) is 0 Å². The minimum atomic E-state index is -0.0916. The van der Waals surface area contributed by atoms with Crippen LogP contribution in [0.25, 0.3) is 0 Å². The minimum Gasteiger partial charge on any atom is -0.299 e. The van der Waals surface area contributed by atoms with Crippen molar-refractivity contribution in [1.82, 2.24) is 4.98 Å². The summed E-state index contributed by atoms with van der Waals surface area (Å²) in [4.78, 5) is 15.8. The fourth-order valence-electron chi connectivity index (χ4n) is 1.93. The number of carbonyl (C=O) groups is 1. The van der Waals surface area contributed by atoms with E-state index in [0.29, 0.717) is 0 Å². The smallest absolute Gasteiger partial charge is 0.137 e. The molecule has 0 saturated heterocycles. The Bertz CT molecular complexity index is 479. The zero-order valence-corrected chi connectivity index (χ0v) is 9.84. The average Bonchev–Trinajstić information content (AvgIpc) is 2.38. The molecule has 1 aromatic heterocycles. The van der Waals surface area contributed by atoms with Gasteiger partial charge in [0, 0.05) is 18.3 Å². The Kier molecular flexibility index (Phi) is 3.66. The highest BCUT2D eigenvalue weighted by Gasteiger charge is 2.17. The third-order valence-corrected chi connectivity index (χ3v) is 2.86. The van der Waals surface area contributed by atoms with Gasteiger partial charge in [-0.1, -0.05) is 36.4 Å². The molecule has 2 nitrogen and oxygen atoms in total. The quantitative estimate of drug-likeness (QED) is 0.800. The highest BCUT2D eigenvalue weighted by molar-refractivity contribution is 5.83. The maximum Gasteiger partial charge on any atom is 0.137 e. The Morgan fingerprint density at radius 2 is 1.94 bits per heavy atom. The summed E-state index contributed by atoms with van der Waals surface area (Å²) in [5.41, 5.74) is 2.17. The largest absolute Gasteiger partial charge is 0.299 e. The topological polar surface area (TPSA) is 30.0 Å². The lowest BCUT2D eigenvalue weighted by atomic mass is 9.90. The molecule has 0 aliphatic heterocycles. The fourth-order valence-corrected chi connectivity index (χ4v) is 1.93. The number of rotatable bonds is 4. The van der Waals surface area contributed by atoms with Gasteiger partial charge in [0.15, 0.2) is 0 Å². The lowest BCUT2D eigenvalue weighted by Gasteiger charge is -2.13. The Labute approximate surface area is 101 Å². The molecular weight excluding hydrogens is 210 g/mol. The zero-order valence-electron chi connectivity index (χ0n) is 9.84. The third-order valence-electron chi connectivity index (χ3n) is 2.86. The molecule has 0 fully saturated rings. The lowest BCUT2D eigenvalue weighted by molar-refractivity contribution is -0.118. The van der Waals surface area contributed by atoms with Gasteiger partial charge in [0.25, 0.3) is 0 Å². The van der Waals surface area contributed by atoms with Gasteiger partial charge in [0.1, 0.15) is 5.78 Å². The normalized spacial score (nSPS) is 12.1. The number of aromatic nitrogens is 1. The summed E-state index contributed by atoms with van der Waals surface area (Å²) in [5.74, 6) is 0.0907. The predicted octanol–water partition coefficient (Wildman–Crippen LogP) is 3.00. The summed E-state index contributed by atoms with van der Waals surface area (Å²) < 4.78 is 0. The first-order chi connectivity index (χ1) is 8.27. The first-order valence-corrected chi connectivity index (χ1v) is 5.71. The third kappa shape index (κ3) is 3.00. The Balaban J connectivity index is 2.23. The second-order valence-corrected chi connectivity index (χ2v) is 4.14. The van der Waals surface area contributed by atoms with Crippen LogP contribution in [0.15, 0.2) is 54.9 Å². The van der Waals surface area contributed by atoms with Crippen LogP contribution >= 0.6 is 0 Å². The molecule has 2 heteroatoms. The second kappa shape index (κ2) is 5.39. The maximum atomic E-state index is 11.7. The number of pyridine rings is 1. The van der Waals surface area contributed by atoms with Crippen molar-refractivity contribution in [1.29, 1.82) is 0 Å². The summed E-state index contributed by atoms with van der Waals surface area (Å²) >= 11 is 0. The van der Waals surface area contributed by atoms with Crippen molar-refractivity contribution in [2.75, 3.05) is 0 Å². The molecular formula is C15H15NO. The van der Waals surface area contributed by atoms with E-state index in [1.807, 2.05) is 42.5 Å². The summed E-state index contributed by atoms with van der Waals surface area (Å²) in [7, 11) is 0. The molecule has 86 valence electrons. The van der Waals surface area contributed by atoms with E-state index in [1.165, 1.54) is 5.56 Å². The molecule has 2 aromatic rings. The molecule has 2 rings (SSSR count). The number of Topliss-reactive ketones (excluding diaryl/α,β-unsaturated/α-hetero) is 1. The molecule has 0 spiro atoms. The second-order valence-electron chi connectivity index (χ2n) is 4.14. The van der Waals surface area contributed by atoms with E-state index in [1.54, 1.807) is 19.3 Å². The number of hydrogen-bond donors (Lipinski definition) is 0. The molecule has 1 heterocycles. The molecule has 0 radical (unpaired) electrons. The maximum absolute atomic E-state index is 11.7. The van der Waals surface area contributed by atoms with Crippen LogP contribution in [0.2, 0.25) is 0 Å². The SMILES string of the molecule is CC(=O)C(Cc1ccccc1)c1cccnc1. The number of ketones is 1. The molecule has 0 bridgehead atoms. The van der Waals surface area contributed by atoms with E-state index in [-0.39, 0.29) is 11.7 Å². The first kappa shape index (κ1) is 11.5. The molecule has 1 atom stereocenters. The van der Waals surface area contributed by atoms with E-state index in [4.69, 9.17) is 0 Å². The van der Waals surface area contributed by atoms with Crippen LogP contribution in [0, 0.1) is 0 Å². The van der Waals surface area contributed by atoms with Crippen LogP contribution in [0.5, 0.6) is 0 Å². The average molecular weight is 225 g/mol. The van der Waals surface area contributed by atoms with Gasteiger partial charge >= 0.3 is 0 Å². The standard InChI is InChI=1S/C15H15NO/c1-12(17)15(14-8-5-9-16-11-14)10-13-6-3-2-4-7-13/h2-9,11,15H,10H2,1H3. The molecule has 0 amide bonds. The van der Waals surface area contributed by atoms with Crippen LogP contribution in [-0.2, 0) is 11.2 Å². The molecule has 1 aromatic carbocycles. The summed E-state index contributed by atoms with van der Waals surface area (Å²) in [6.07, 6.45) is 4.24. The Morgan fingerprint density at radius 3 is 2.53 bits per heavy atom. The van der Waals surface area contributed by atoms with E-state index in [2.05, 4.69) is 4.98 Å². The summed E-state index contributed by atoms with van der Waals surface area (Å²) in [6.45, 7) is 1.64. The van der Waals surface area contributed by atoms with Crippen LogP contribution < -0.4 is 0 Å². The highest BCUT2D eigenvalue weighted by atomic mass is 16.1. The van der Waals surface area contributed by atoms with Crippen molar-refractivity contribution >= 4 is 5.78 Å². The van der Waals surface area contributed by atoms with Crippen molar-refractivity contribution in [3.8, 4) is 0 Å². The lowest BCUT2D eigenvalue weighted by Crippen LogP contribution is -2.12. The highest BCUT2D eigenvalue weighted by Crippen LogP contribution is 2.21. The van der Waals surface area contributed by atoms with Gasteiger partial charge in [0.05, 0.1) is 0 Å². The molecule has 1 unspecified atom stereocenters. The zero-order chi connectivity index (χ0) is 12.1. The Hall–Kier alpha value is -1.96. The van der Waals surface area contributed by atoms with Crippen LogP contribution in [0.3, 0.4) is 0 Å². The van der Waals surface area contributed by atoms with Crippen LogP contribution in [-0.4, -0.2) is 10.8 Å². The van der Waals surface area contributed by atoms with Gasteiger partial charge in [-0.05, 0) is 30.5 Å². The predicted molar refractivity (Wildman–Crippen MR) is 67.8 cm³/mol. The van der Waals surface area contributed by atoms with E-state index >= 15 is 0 Å². The first-order valence-electron chi connectivity index (χ1n) is 5.71. The number of carbonyl (C=O) groups excluding carboxylic acids is 1. The van der Waals surface area contributed by atoms with Crippen molar-refractivity contribution < 1.29 is 4.79 Å². The van der Waals surface area contributed by atoms with Gasteiger partial charge in [-0.3, -0.25) is 9.78 Å². The van der Waals surface area contributed by atoms with Gasteiger partial charge in [0.2, 0.25) is 0 Å². The molecule has 0 N–H and O–H groups in total. The number of hydrogen-bond acceptors (Lipinski definition) is 2. The number of nitrogens with zero attached hydrogens (tertiary/aromatic N) is 1.